The third kappa shape index (κ3) is 3.07. The van der Waals surface area contributed by atoms with Gasteiger partial charge in [-0.3, -0.25) is 0 Å². The molecule has 0 aliphatic carbocycles. The molecule has 0 aromatic heterocycles. The zero-order chi connectivity index (χ0) is 12.1. The molecule has 0 radical (unpaired) electrons. The van der Waals surface area contributed by atoms with Crippen LogP contribution in [0.4, 0.5) is 0 Å². The summed E-state index contributed by atoms with van der Waals surface area (Å²) < 4.78 is 1.23. The van der Waals surface area contributed by atoms with Gasteiger partial charge >= 0.3 is 0 Å². The molecule has 0 saturated heterocycles. The highest BCUT2D eigenvalue weighted by molar-refractivity contribution is 14.1. The SMILES string of the molecule is C=C/C=C\C=C(/I)c1ccc2ccccc2c1. The molecule has 17 heavy (non-hydrogen) atoms. The van der Waals surface area contributed by atoms with E-state index in [-0.39, 0.29) is 0 Å². The first-order chi connectivity index (χ1) is 8.31. The Kier molecular flexibility index (Phi) is 4.15. The molecule has 0 bridgehead atoms. The third-order valence-corrected chi connectivity index (χ3v) is 3.50. The molecule has 2 rings (SSSR count). The summed E-state index contributed by atoms with van der Waals surface area (Å²) in [5.74, 6) is 0. The highest BCUT2D eigenvalue weighted by Gasteiger charge is 1.98. The maximum absolute atomic E-state index is 3.65. The first-order valence-corrected chi connectivity index (χ1v) is 6.53. The number of halogens is 1. The number of hydrogen-bond acceptors (Lipinski definition) is 0. The van der Waals surface area contributed by atoms with Gasteiger partial charge in [-0.2, -0.15) is 0 Å². The van der Waals surface area contributed by atoms with Crippen molar-refractivity contribution in [3.8, 4) is 0 Å². The van der Waals surface area contributed by atoms with Crippen LogP contribution in [0.25, 0.3) is 14.4 Å². The predicted molar refractivity (Wildman–Crippen MR) is 85.3 cm³/mol. The van der Waals surface area contributed by atoms with Gasteiger partial charge in [-0.05, 0) is 51.1 Å². The Morgan fingerprint density at radius 1 is 1.00 bits per heavy atom. The van der Waals surface area contributed by atoms with Gasteiger partial charge in [-0.1, -0.05) is 61.2 Å². The van der Waals surface area contributed by atoms with E-state index in [1.165, 1.54) is 19.9 Å². The van der Waals surface area contributed by atoms with Crippen LogP contribution in [0.3, 0.4) is 0 Å². The van der Waals surface area contributed by atoms with Crippen LogP contribution in [-0.2, 0) is 0 Å². The van der Waals surface area contributed by atoms with Crippen LogP contribution in [-0.4, -0.2) is 0 Å². The minimum Gasteiger partial charge on any atom is -0.0991 e. The minimum atomic E-state index is 1.23. The third-order valence-electron chi connectivity index (χ3n) is 2.51. The van der Waals surface area contributed by atoms with Gasteiger partial charge in [0.25, 0.3) is 0 Å². The lowest BCUT2D eigenvalue weighted by Crippen LogP contribution is -1.78. The Morgan fingerprint density at radius 3 is 2.53 bits per heavy atom. The van der Waals surface area contributed by atoms with Crippen molar-refractivity contribution in [2.24, 2.45) is 0 Å². The van der Waals surface area contributed by atoms with Gasteiger partial charge in [0.1, 0.15) is 0 Å². The molecule has 2 aromatic carbocycles. The van der Waals surface area contributed by atoms with Gasteiger partial charge in [-0.25, -0.2) is 0 Å². The second-order valence-electron chi connectivity index (χ2n) is 3.70. The van der Waals surface area contributed by atoms with Crippen molar-refractivity contribution in [3.63, 3.8) is 0 Å². The van der Waals surface area contributed by atoms with E-state index in [0.717, 1.165) is 0 Å². The zero-order valence-electron chi connectivity index (χ0n) is 9.44. The summed E-state index contributed by atoms with van der Waals surface area (Å²) >= 11 is 2.36. The number of benzene rings is 2. The average molecular weight is 332 g/mol. The van der Waals surface area contributed by atoms with Gasteiger partial charge < -0.3 is 0 Å². The van der Waals surface area contributed by atoms with E-state index in [9.17, 15) is 0 Å². The molecule has 0 fully saturated rings. The van der Waals surface area contributed by atoms with E-state index in [2.05, 4.69) is 77.7 Å². The van der Waals surface area contributed by atoms with E-state index < -0.39 is 0 Å². The highest BCUT2D eigenvalue weighted by Crippen LogP contribution is 2.25. The van der Waals surface area contributed by atoms with Crippen LogP contribution >= 0.6 is 22.6 Å². The van der Waals surface area contributed by atoms with Crippen LogP contribution in [0.5, 0.6) is 0 Å². The monoisotopic (exact) mass is 332 g/mol. The van der Waals surface area contributed by atoms with Crippen molar-refractivity contribution in [3.05, 3.63) is 78.9 Å². The first-order valence-electron chi connectivity index (χ1n) is 5.45. The van der Waals surface area contributed by atoms with Crippen molar-refractivity contribution in [1.29, 1.82) is 0 Å². The summed E-state index contributed by atoms with van der Waals surface area (Å²) in [5, 5.41) is 2.56. The summed E-state index contributed by atoms with van der Waals surface area (Å²) in [4.78, 5) is 0. The number of rotatable bonds is 3. The Morgan fingerprint density at radius 2 is 1.76 bits per heavy atom. The molecule has 0 saturated carbocycles. The molecule has 84 valence electrons. The molecule has 0 atom stereocenters. The Balaban J connectivity index is 2.39. The molecule has 0 aliphatic rings. The predicted octanol–water partition coefficient (Wildman–Crippen LogP) is 5.36. The molecule has 1 heteroatoms. The zero-order valence-corrected chi connectivity index (χ0v) is 11.6. The molecule has 0 unspecified atom stereocenters. The smallest absolute Gasteiger partial charge is 0.0202 e. The summed E-state index contributed by atoms with van der Waals surface area (Å²) in [7, 11) is 0. The Labute approximate surface area is 115 Å². The number of fused-ring (bicyclic) bond motifs is 1. The molecule has 0 nitrogen and oxygen atoms in total. The molecule has 0 spiro atoms. The molecule has 0 aliphatic heterocycles. The van der Waals surface area contributed by atoms with Gasteiger partial charge in [0, 0.05) is 3.58 Å². The van der Waals surface area contributed by atoms with Gasteiger partial charge in [0.05, 0.1) is 0 Å². The molecule has 0 N–H and O–H groups in total. The highest BCUT2D eigenvalue weighted by atomic mass is 127. The fraction of sp³-hybridized carbons (Fsp3) is 0. The summed E-state index contributed by atoms with van der Waals surface area (Å²) in [6, 6.07) is 14.9. The summed E-state index contributed by atoms with van der Waals surface area (Å²) in [6.07, 6.45) is 7.80. The van der Waals surface area contributed by atoms with Crippen LogP contribution in [0.2, 0.25) is 0 Å². The lowest BCUT2D eigenvalue weighted by Gasteiger charge is -2.02. The summed E-state index contributed by atoms with van der Waals surface area (Å²) in [6.45, 7) is 3.65. The van der Waals surface area contributed by atoms with Crippen LogP contribution in [0.15, 0.2) is 73.3 Å². The van der Waals surface area contributed by atoms with E-state index in [1.807, 2.05) is 12.2 Å². The lowest BCUT2D eigenvalue weighted by molar-refractivity contribution is 1.70. The van der Waals surface area contributed by atoms with E-state index in [4.69, 9.17) is 0 Å². The van der Waals surface area contributed by atoms with E-state index >= 15 is 0 Å². The maximum Gasteiger partial charge on any atom is 0.0202 e. The quantitative estimate of drug-likeness (QED) is 0.524. The van der Waals surface area contributed by atoms with E-state index in [1.54, 1.807) is 6.08 Å². The molecule has 0 heterocycles. The van der Waals surface area contributed by atoms with Crippen molar-refractivity contribution >= 4 is 36.9 Å². The molecular weight excluding hydrogens is 319 g/mol. The maximum atomic E-state index is 3.65. The van der Waals surface area contributed by atoms with Crippen LogP contribution in [0, 0.1) is 0 Å². The normalized spacial score (nSPS) is 12.2. The number of allylic oxidation sites excluding steroid dienone is 4. The molecule has 0 amide bonds. The minimum absolute atomic E-state index is 1.23. The van der Waals surface area contributed by atoms with Crippen molar-refractivity contribution in [2.45, 2.75) is 0 Å². The lowest BCUT2D eigenvalue weighted by atomic mass is 10.1. The van der Waals surface area contributed by atoms with Crippen molar-refractivity contribution in [1.82, 2.24) is 0 Å². The van der Waals surface area contributed by atoms with Crippen LogP contribution < -0.4 is 0 Å². The summed E-state index contributed by atoms with van der Waals surface area (Å²) in [5.41, 5.74) is 1.25. The largest absolute Gasteiger partial charge is 0.0991 e. The fourth-order valence-corrected chi connectivity index (χ4v) is 2.20. The van der Waals surface area contributed by atoms with Crippen molar-refractivity contribution in [2.75, 3.05) is 0 Å². The van der Waals surface area contributed by atoms with Crippen molar-refractivity contribution < 1.29 is 0 Å². The molecular formula is C16H13I. The second-order valence-corrected chi connectivity index (χ2v) is 4.86. The van der Waals surface area contributed by atoms with Gasteiger partial charge in [0.15, 0.2) is 0 Å². The van der Waals surface area contributed by atoms with Gasteiger partial charge in [-0.15, -0.1) is 0 Å². The van der Waals surface area contributed by atoms with Gasteiger partial charge in [0.2, 0.25) is 0 Å². The number of hydrogen-bond donors (Lipinski definition) is 0. The molecule has 2 aromatic rings. The van der Waals surface area contributed by atoms with E-state index in [0.29, 0.717) is 0 Å². The average Bonchev–Trinajstić information content (AvgIpc) is 2.38. The Bertz CT molecular complexity index is 591. The topological polar surface area (TPSA) is 0 Å². The standard InChI is InChI=1S/C16H13I/c1-2-3-4-9-16(17)15-11-10-13-7-5-6-8-14(13)12-15/h2-12H,1H2/b4-3-,16-9-. The van der Waals surface area contributed by atoms with Crippen LogP contribution in [0.1, 0.15) is 5.56 Å². The Hall–Kier alpha value is -1.35. The fourth-order valence-electron chi connectivity index (χ4n) is 1.65. The second kappa shape index (κ2) is 5.82. The first kappa shape index (κ1) is 12.1.